The van der Waals surface area contributed by atoms with Crippen molar-refractivity contribution in [3.8, 4) is 0 Å². The van der Waals surface area contributed by atoms with Gasteiger partial charge in [0.15, 0.2) is 0 Å². The highest BCUT2D eigenvalue weighted by atomic mass is 16.6. The topological polar surface area (TPSA) is 55.5 Å². The number of hydrogen-bond acceptors (Lipinski definition) is 3. The van der Waals surface area contributed by atoms with Crippen molar-refractivity contribution in [2.45, 2.75) is 6.42 Å². The van der Waals surface area contributed by atoms with E-state index in [-0.39, 0.29) is 10.6 Å². The monoisotopic (exact) mass is 220 g/mol. The van der Waals surface area contributed by atoms with E-state index < -0.39 is 0 Å². The van der Waals surface area contributed by atoms with Gasteiger partial charge in [-0.1, -0.05) is 5.10 Å². The Kier molecular flexibility index (Phi) is 2.47. The summed E-state index contributed by atoms with van der Waals surface area (Å²) in [5.41, 5.74) is 2.13. The largest absolute Gasteiger partial charge is 0.269 e. The van der Waals surface area contributed by atoms with Gasteiger partial charge in [-0.25, -0.2) is 4.59 Å². The van der Waals surface area contributed by atoms with Crippen LogP contribution in [0.3, 0.4) is 0 Å². The van der Waals surface area contributed by atoms with Crippen LogP contribution in [0.4, 0.5) is 5.69 Å². The van der Waals surface area contributed by atoms with Crippen LogP contribution in [0.5, 0.6) is 0 Å². The quantitative estimate of drug-likeness (QED) is 0.433. The number of hydrogen-bond donors (Lipinski definition) is 0. The minimum absolute atomic E-state index is 0.121. The molecule has 0 spiro atoms. The number of nitrogens with zero attached hydrogens (tertiary/aromatic N) is 3. The second-order valence-corrected chi connectivity index (χ2v) is 4.45. The van der Waals surface area contributed by atoms with E-state index in [4.69, 9.17) is 0 Å². The average Bonchev–Trinajstić information content (AvgIpc) is 2.59. The zero-order valence-corrected chi connectivity index (χ0v) is 9.38. The fourth-order valence-electron chi connectivity index (χ4n) is 1.78. The smallest absolute Gasteiger partial charge is 0.258 e. The van der Waals surface area contributed by atoms with E-state index in [1.165, 1.54) is 12.1 Å². The molecule has 16 heavy (non-hydrogen) atoms. The van der Waals surface area contributed by atoms with Gasteiger partial charge in [-0.3, -0.25) is 10.1 Å². The molecule has 1 aliphatic heterocycles. The molecule has 0 unspecified atom stereocenters. The van der Waals surface area contributed by atoms with Crippen molar-refractivity contribution in [1.82, 2.24) is 0 Å². The molecule has 0 atom stereocenters. The maximum Gasteiger partial charge on any atom is 0.269 e. The first-order valence-corrected chi connectivity index (χ1v) is 5.15. The second-order valence-electron chi connectivity index (χ2n) is 4.45. The molecule has 1 heterocycles. The molecule has 0 saturated heterocycles. The molecule has 84 valence electrons. The molecule has 0 aromatic heterocycles. The summed E-state index contributed by atoms with van der Waals surface area (Å²) in [4.78, 5) is 10.1. The van der Waals surface area contributed by atoms with E-state index in [1.54, 1.807) is 12.1 Å². The molecule has 1 aromatic rings. The Hall–Kier alpha value is -1.75. The summed E-state index contributed by atoms with van der Waals surface area (Å²) in [6.07, 6.45) is 0.921. The fourth-order valence-corrected chi connectivity index (χ4v) is 1.78. The van der Waals surface area contributed by atoms with Crippen LogP contribution in [0.2, 0.25) is 0 Å². The molecule has 0 aliphatic carbocycles. The van der Waals surface area contributed by atoms with Crippen LogP contribution in [0.1, 0.15) is 12.0 Å². The summed E-state index contributed by atoms with van der Waals surface area (Å²) < 4.78 is 0.631. The van der Waals surface area contributed by atoms with Gasteiger partial charge < -0.3 is 0 Å². The van der Waals surface area contributed by atoms with Gasteiger partial charge in [0.1, 0.15) is 12.3 Å². The van der Waals surface area contributed by atoms with Crippen molar-refractivity contribution in [2.24, 2.45) is 5.10 Å². The van der Waals surface area contributed by atoms with E-state index in [2.05, 4.69) is 5.10 Å². The van der Waals surface area contributed by atoms with Gasteiger partial charge in [0, 0.05) is 24.1 Å². The van der Waals surface area contributed by atoms with Gasteiger partial charge in [0.2, 0.25) is 0 Å². The van der Waals surface area contributed by atoms with Crippen LogP contribution in [-0.2, 0) is 0 Å². The van der Waals surface area contributed by atoms with Crippen LogP contribution in [0, 0.1) is 10.1 Å². The SMILES string of the molecule is C[N+]1(C)CCC(c2ccc([N+](=O)[O-])cc2)=N1. The molecule has 1 aliphatic rings. The third-order valence-electron chi connectivity index (χ3n) is 2.70. The Morgan fingerprint density at radius 1 is 1.31 bits per heavy atom. The van der Waals surface area contributed by atoms with E-state index in [0.717, 1.165) is 24.2 Å². The van der Waals surface area contributed by atoms with E-state index >= 15 is 0 Å². The number of nitro groups is 1. The molecule has 0 bridgehead atoms. The number of benzene rings is 1. The van der Waals surface area contributed by atoms with E-state index in [1.807, 2.05) is 14.1 Å². The van der Waals surface area contributed by atoms with Gasteiger partial charge in [0.05, 0.1) is 19.0 Å². The highest BCUT2D eigenvalue weighted by Gasteiger charge is 2.25. The lowest BCUT2D eigenvalue weighted by Gasteiger charge is -2.15. The molecule has 0 radical (unpaired) electrons. The Balaban J connectivity index is 2.27. The molecule has 0 saturated carbocycles. The fraction of sp³-hybridized carbons (Fsp3) is 0.364. The minimum Gasteiger partial charge on any atom is -0.258 e. The molecular weight excluding hydrogens is 206 g/mol. The third-order valence-corrected chi connectivity index (χ3v) is 2.70. The van der Waals surface area contributed by atoms with Crippen molar-refractivity contribution >= 4 is 11.4 Å². The molecule has 1 aromatic carbocycles. The van der Waals surface area contributed by atoms with Crippen LogP contribution in [0.25, 0.3) is 0 Å². The molecule has 0 amide bonds. The molecule has 5 nitrogen and oxygen atoms in total. The van der Waals surface area contributed by atoms with Crippen LogP contribution < -0.4 is 0 Å². The maximum absolute atomic E-state index is 10.5. The lowest BCUT2D eigenvalue weighted by atomic mass is 10.1. The molecular formula is C11H14N3O2+. The van der Waals surface area contributed by atoms with Crippen molar-refractivity contribution in [3.05, 3.63) is 39.9 Å². The number of non-ortho nitro benzene ring substituents is 1. The summed E-state index contributed by atoms with van der Waals surface area (Å²) in [5.74, 6) is 0. The zero-order valence-electron chi connectivity index (χ0n) is 9.38. The Labute approximate surface area is 93.7 Å². The Bertz CT molecular complexity index is 449. The van der Waals surface area contributed by atoms with Gasteiger partial charge in [-0.2, -0.15) is 0 Å². The van der Waals surface area contributed by atoms with Crippen molar-refractivity contribution in [2.75, 3.05) is 20.6 Å². The summed E-state index contributed by atoms with van der Waals surface area (Å²) in [6.45, 7) is 0.978. The Morgan fingerprint density at radius 3 is 2.38 bits per heavy atom. The third kappa shape index (κ3) is 2.09. The van der Waals surface area contributed by atoms with E-state index in [0.29, 0.717) is 4.59 Å². The van der Waals surface area contributed by atoms with Gasteiger partial charge in [-0.15, -0.1) is 0 Å². The number of rotatable bonds is 2. The van der Waals surface area contributed by atoms with Crippen molar-refractivity contribution < 1.29 is 9.52 Å². The normalized spacial score (nSPS) is 18.2. The average molecular weight is 220 g/mol. The summed E-state index contributed by atoms with van der Waals surface area (Å²) >= 11 is 0. The van der Waals surface area contributed by atoms with Gasteiger partial charge >= 0.3 is 0 Å². The maximum atomic E-state index is 10.5. The highest BCUT2D eigenvalue weighted by molar-refractivity contribution is 6.00. The summed E-state index contributed by atoms with van der Waals surface area (Å²) in [6, 6.07) is 6.58. The highest BCUT2D eigenvalue weighted by Crippen LogP contribution is 2.19. The first-order valence-electron chi connectivity index (χ1n) is 5.15. The first kappa shape index (κ1) is 10.8. The minimum atomic E-state index is -0.389. The zero-order chi connectivity index (χ0) is 11.8. The van der Waals surface area contributed by atoms with Crippen LogP contribution in [-0.4, -0.2) is 35.9 Å². The van der Waals surface area contributed by atoms with Crippen LogP contribution in [0.15, 0.2) is 29.4 Å². The van der Waals surface area contributed by atoms with Crippen molar-refractivity contribution in [3.63, 3.8) is 0 Å². The number of quaternary nitrogens is 1. The summed E-state index contributed by atoms with van der Waals surface area (Å²) in [5, 5.41) is 15.1. The van der Waals surface area contributed by atoms with Crippen LogP contribution >= 0.6 is 0 Å². The number of nitro benzene ring substituents is 1. The Morgan fingerprint density at radius 2 is 1.94 bits per heavy atom. The lowest BCUT2D eigenvalue weighted by Crippen LogP contribution is -2.29. The predicted octanol–water partition coefficient (Wildman–Crippen LogP) is 1.78. The molecule has 2 rings (SSSR count). The predicted molar refractivity (Wildman–Crippen MR) is 61.2 cm³/mol. The van der Waals surface area contributed by atoms with E-state index in [9.17, 15) is 10.1 Å². The van der Waals surface area contributed by atoms with Crippen molar-refractivity contribution in [1.29, 1.82) is 0 Å². The second kappa shape index (κ2) is 3.68. The molecule has 0 N–H and O–H groups in total. The summed E-state index contributed by atoms with van der Waals surface area (Å²) in [7, 11) is 4.08. The lowest BCUT2D eigenvalue weighted by molar-refractivity contribution is -0.890. The van der Waals surface area contributed by atoms with Gasteiger partial charge in [-0.05, 0) is 12.1 Å². The van der Waals surface area contributed by atoms with Gasteiger partial charge in [0.25, 0.3) is 5.69 Å². The standard InChI is InChI=1S/C11H14N3O2/c1-14(2)8-7-11(12-14)9-3-5-10(6-4-9)13(15)16/h3-6H,7-8H2,1-2H3/q+1. The first-order chi connectivity index (χ1) is 7.48. The molecule has 0 fully saturated rings. The molecule has 5 heteroatoms.